The Morgan fingerprint density at radius 1 is 1.11 bits per heavy atom. The number of hydrogen-bond donors (Lipinski definition) is 5. The van der Waals surface area contributed by atoms with E-state index in [9.17, 15) is 15.3 Å². The first kappa shape index (κ1) is 26.3. The molecule has 2 aliphatic rings. The highest BCUT2D eigenvalue weighted by molar-refractivity contribution is 7.21. The van der Waals surface area contributed by atoms with Crippen molar-refractivity contribution in [3.8, 4) is 10.6 Å². The van der Waals surface area contributed by atoms with Gasteiger partial charge >= 0.3 is 0 Å². The highest BCUT2D eigenvalue weighted by Crippen LogP contribution is 2.41. The lowest BCUT2D eigenvalue weighted by molar-refractivity contribution is 0.00446. The number of pyridine rings is 1. The normalized spacial score (nSPS) is 24.6. The van der Waals surface area contributed by atoms with Crippen LogP contribution in [0.2, 0.25) is 0 Å². The maximum Gasteiger partial charge on any atom is 0.139 e. The third-order valence-electron chi connectivity index (χ3n) is 7.62. The standard InChI is InChI=1S/C27H37N5O4S/c1-3-18-16(2)22(27-30-19-6-4-5-7-21(19)37-27)26(29-20-14-17(15-33)23(34)24(20)35)31-25(18)28-8-9-32-10-12-36-13-11-32/h4-7,17,20,23-24,33-35H,3,8-15H2,1-2H3,(H2,28,29,31). The second-order valence-corrected chi connectivity index (χ2v) is 10.9. The van der Waals surface area contributed by atoms with Crippen molar-refractivity contribution in [3.63, 3.8) is 0 Å². The molecule has 2 fully saturated rings. The molecule has 0 radical (unpaired) electrons. The topological polar surface area (TPSA) is 123 Å². The van der Waals surface area contributed by atoms with Crippen molar-refractivity contribution in [1.82, 2.24) is 14.9 Å². The molecule has 200 valence electrons. The number of fused-ring (bicyclic) bond motifs is 1. The van der Waals surface area contributed by atoms with Gasteiger partial charge in [0.1, 0.15) is 22.7 Å². The van der Waals surface area contributed by atoms with Crippen LogP contribution in [-0.4, -0.2) is 94.4 Å². The first-order valence-corrected chi connectivity index (χ1v) is 14.0. The van der Waals surface area contributed by atoms with Crippen molar-refractivity contribution in [1.29, 1.82) is 0 Å². The molecule has 37 heavy (non-hydrogen) atoms. The third-order valence-corrected chi connectivity index (χ3v) is 8.67. The number of aliphatic hydroxyl groups is 3. The molecule has 2 aromatic heterocycles. The summed E-state index contributed by atoms with van der Waals surface area (Å²) in [6, 6.07) is 7.65. The van der Waals surface area contributed by atoms with Gasteiger partial charge in [-0.15, -0.1) is 11.3 Å². The van der Waals surface area contributed by atoms with Crippen molar-refractivity contribution >= 4 is 33.2 Å². The van der Waals surface area contributed by atoms with Gasteiger partial charge in [0.15, 0.2) is 0 Å². The molecular weight excluding hydrogens is 490 g/mol. The quantitative estimate of drug-likeness (QED) is 0.286. The summed E-state index contributed by atoms with van der Waals surface area (Å²) in [5.41, 5.74) is 4.10. The van der Waals surface area contributed by atoms with E-state index in [4.69, 9.17) is 14.7 Å². The zero-order chi connectivity index (χ0) is 25.9. The molecule has 3 aromatic rings. The Kier molecular flexibility index (Phi) is 8.23. The predicted octanol–water partition coefficient (Wildman–Crippen LogP) is 2.49. The summed E-state index contributed by atoms with van der Waals surface area (Å²) in [5.74, 6) is 1.09. The number of aromatic nitrogens is 2. The van der Waals surface area contributed by atoms with E-state index in [0.29, 0.717) is 12.2 Å². The molecule has 5 rings (SSSR count). The van der Waals surface area contributed by atoms with E-state index in [0.717, 1.165) is 83.5 Å². The number of ether oxygens (including phenoxy) is 1. The van der Waals surface area contributed by atoms with Crippen LogP contribution in [0.3, 0.4) is 0 Å². The lowest BCUT2D eigenvalue weighted by Crippen LogP contribution is -2.39. The van der Waals surface area contributed by atoms with Crippen molar-refractivity contribution < 1.29 is 20.1 Å². The second kappa shape index (κ2) is 11.6. The van der Waals surface area contributed by atoms with Crippen LogP contribution in [-0.2, 0) is 11.2 Å². The number of hydrogen-bond acceptors (Lipinski definition) is 10. The molecule has 0 bridgehead atoms. The van der Waals surface area contributed by atoms with Crippen LogP contribution in [0.25, 0.3) is 20.8 Å². The van der Waals surface area contributed by atoms with E-state index in [2.05, 4.69) is 35.4 Å². The van der Waals surface area contributed by atoms with Gasteiger partial charge in [0.25, 0.3) is 0 Å². The minimum atomic E-state index is -0.994. The Morgan fingerprint density at radius 2 is 1.89 bits per heavy atom. The molecular formula is C27H37N5O4S. The summed E-state index contributed by atoms with van der Waals surface area (Å²) in [5, 5.41) is 38.7. The van der Waals surface area contributed by atoms with Gasteiger partial charge in [-0.1, -0.05) is 19.1 Å². The van der Waals surface area contributed by atoms with Crippen LogP contribution >= 0.6 is 11.3 Å². The minimum absolute atomic E-state index is 0.170. The summed E-state index contributed by atoms with van der Waals surface area (Å²) in [6.45, 7) is 9.15. The number of para-hydroxylation sites is 1. The molecule has 4 atom stereocenters. The summed E-state index contributed by atoms with van der Waals surface area (Å²) >= 11 is 1.62. The number of anilines is 2. The van der Waals surface area contributed by atoms with Crippen LogP contribution < -0.4 is 10.6 Å². The lowest BCUT2D eigenvalue weighted by atomic mass is 10.0. The number of nitrogens with zero attached hydrogens (tertiary/aromatic N) is 3. The van der Waals surface area contributed by atoms with E-state index in [1.165, 1.54) is 0 Å². The fourth-order valence-corrected chi connectivity index (χ4v) is 6.52. The molecule has 1 aliphatic heterocycles. The molecule has 0 spiro atoms. The van der Waals surface area contributed by atoms with Gasteiger partial charge in [-0.3, -0.25) is 4.90 Å². The van der Waals surface area contributed by atoms with Crippen LogP contribution in [0.5, 0.6) is 0 Å². The Morgan fingerprint density at radius 3 is 2.59 bits per heavy atom. The lowest BCUT2D eigenvalue weighted by Gasteiger charge is -2.27. The van der Waals surface area contributed by atoms with E-state index < -0.39 is 18.2 Å². The second-order valence-electron chi connectivity index (χ2n) is 9.92. The third kappa shape index (κ3) is 5.45. The molecule has 1 aromatic carbocycles. The first-order chi connectivity index (χ1) is 18.0. The number of benzene rings is 1. The molecule has 1 aliphatic carbocycles. The van der Waals surface area contributed by atoms with Crippen molar-refractivity contribution in [2.75, 3.05) is 56.6 Å². The van der Waals surface area contributed by atoms with Gasteiger partial charge in [0.2, 0.25) is 0 Å². The van der Waals surface area contributed by atoms with Crippen LogP contribution in [0.1, 0.15) is 24.5 Å². The molecule has 4 unspecified atom stereocenters. The fraction of sp³-hybridized carbons (Fsp3) is 0.556. The largest absolute Gasteiger partial charge is 0.396 e. The average molecular weight is 528 g/mol. The van der Waals surface area contributed by atoms with E-state index in [1.807, 2.05) is 18.2 Å². The van der Waals surface area contributed by atoms with Crippen LogP contribution in [0.4, 0.5) is 11.6 Å². The van der Waals surface area contributed by atoms with Gasteiger partial charge < -0.3 is 30.7 Å². The van der Waals surface area contributed by atoms with Gasteiger partial charge in [-0.05, 0) is 43.0 Å². The average Bonchev–Trinajstić information content (AvgIpc) is 3.45. The van der Waals surface area contributed by atoms with E-state index in [1.54, 1.807) is 11.3 Å². The Bertz CT molecular complexity index is 1180. The maximum atomic E-state index is 10.7. The number of morpholine rings is 1. The predicted molar refractivity (Wildman–Crippen MR) is 147 cm³/mol. The zero-order valence-corrected chi connectivity index (χ0v) is 22.3. The number of aliphatic hydroxyl groups excluding tert-OH is 3. The molecule has 3 heterocycles. The molecule has 9 nitrogen and oxygen atoms in total. The molecule has 0 amide bonds. The summed E-state index contributed by atoms with van der Waals surface area (Å²) in [4.78, 5) is 12.4. The highest BCUT2D eigenvalue weighted by atomic mass is 32.1. The van der Waals surface area contributed by atoms with Crippen LogP contribution in [0.15, 0.2) is 24.3 Å². The molecule has 1 saturated carbocycles. The summed E-state index contributed by atoms with van der Waals surface area (Å²) in [7, 11) is 0. The fourth-order valence-electron chi connectivity index (χ4n) is 5.45. The van der Waals surface area contributed by atoms with E-state index in [-0.39, 0.29) is 12.5 Å². The van der Waals surface area contributed by atoms with Crippen molar-refractivity contribution in [2.24, 2.45) is 5.92 Å². The zero-order valence-electron chi connectivity index (χ0n) is 21.5. The van der Waals surface area contributed by atoms with E-state index >= 15 is 0 Å². The van der Waals surface area contributed by atoms with Crippen LogP contribution in [0, 0.1) is 12.8 Å². The minimum Gasteiger partial charge on any atom is -0.396 e. The van der Waals surface area contributed by atoms with Crippen molar-refractivity contribution in [2.45, 2.75) is 44.9 Å². The maximum absolute atomic E-state index is 10.7. The summed E-state index contributed by atoms with van der Waals surface area (Å²) in [6.07, 6.45) is -0.704. The Balaban J connectivity index is 1.50. The number of thiazole rings is 1. The molecule has 5 N–H and O–H groups in total. The molecule has 10 heteroatoms. The smallest absolute Gasteiger partial charge is 0.139 e. The first-order valence-electron chi connectivity index (χ1n) is 13.2. The number of nitrogens with one attached hydrogen (secondary N) is 2. The SMILES string of the molecule is CCc1c(NCCN2CCOCC2)nc(NC2CC(CO)C(O)C2O)c(-c2nc3ccccc3s2)c1C. The molecule has 1 saturated heterocycles. The van der Waals surface area contributed by atoms with Crippen molar-refractivity contribution in [3.05, 3.63) is 35.4 Å². The Labute approximate surface area is 221 Å². The number of rotatable bonds is 9. The monoisotopic (exact) mass is 527 g/mol. The highest BCUT2D eigenvalue weighted by Gasteiger charge is 2.41. The van der Waals surface area contributed by atoms with Gasteiger partial charge in [0.05, 0.1) is 41.1 Å². The Hall–Kier alpha value is -2.34. The van der Waals surface area contributed by atoms with Gasteiger partial charge in [-0.2, -0.15) is 0 Å². The summed E-state index contributed by atoms with van der Waals surface area (Å²) < 4.78 is 6.56. The van der Waals surface area contributed by atoms with Gasteiger partial charge in [0, 0.05) is 38.7 Å². The van der Waals surface area contributed by atoms with Gasteiger partial charge in [-0.25, -0.2) is 9.97 Å².